The number of anilines is 2. The van der Waals surface area contributed by atoms with Gasteiger partial charge in [-0.15, -0.1) is 0 Å². The van der Waals surface area contributed by atoms with Gasteiger partial charge in [-0.3, -0.25) is 9.59 Å². The fourth-order valence-electron chi connectivity index (χ4n) is 3.48. The zero-order valence-corrected chi connectivity index (χ0v) is 18.9. The van der Waals surface area contributed by atoms with E-state index in [1.807, 2.05) is 48.5 Å². The summed E-state index contributed by atoms with van der Waals surface area (Å²) in [5.74, 6) is 0.677. The van der Waals surface area contributed by atoms with E-state index in [-0.39, 0.29) is 11.5 Å². The molecule has 2 aromatic carbocycles. The third-order valence-electron chi connectivity index (χ3n) is 5.31. The minimum Gasteiger partial charge on any atom is -0.497 e. The van der Waals surface area contributed by atoms with Crippen LogP contribution in [0, 0.1) is 0 Å². The SMILES string of the molecule is CCN(CC)c1ccc(NC(=O)CCCn2nc(-c3ccc(OC)cc3)ccc2=O)cc1. The average Bonchev–Trinajstić information content (AvgIpc) is 2.82. The Morgan fingerprint density at radius 1 is 1.00 bits per heavy atom. The maximum absolute atomic E-state index is 12.3. The van der Waals surface area contributed by atoms with E-state index in [1.165, 1.54) is 10.7 Å². The summed E-state index contributed by atoms with van der Waals surface area (Å²) in [6.07, 6.45) is 0.820. The molecule has 0 saturated heterocycles. The largest absolute Gasteiger partial charge is 0.497 e. The molecule has 0 aliphatic heterocycles. The van der Waals surface area contributed by atoms with E-state index in [1.54, 1.807) is 13.2 Å². The van der Waals surface area contributed by atoms with Gasteiger partial charge in [0.15, 0.2) is 0 Å². The highest BCUT2D eigenvalue weighted by atomic mass is 16.5. The first kappa shape index (κ1) is 23.1. The summed E-state index contributed by atoms with van der Waals surface area (Å²) in [6.45, 7) is 6.49. The van der Waals surface area contributed by atoms with Crippen molar-refractivity contribution in [3.05, 3.63) is 71.0 Å². The molecule has 0 spiro atoms. The third kappa shape index (κ3) is 5.97. The van der Waals surface area contributed by atoms with Crippen molar-refractivity contribution in [3.8, 4) is 17.0 Å². The molecule has 168 valence electrons. The molecular formula is C25H30N4O3. The van der Waals surface area contributed by atoms with Crippen molar-refractivity contribution in [1.29, 1.82) is 0 Å². The summed E-state index contributed by atoms with van der Waals surface area (Å²) in [6, 6.07) is 18.6. The number of hydrogen-bond acceptors (Lipinski definition) is 5. The smallest absolute Gasteiger partial charge is 0.266 e. The number of aryl methyl sites for hydroxylation is 1. The number of carbonyl (C=O) groups excluding carboxylic acids is 1. The first-order valence-electron chi connectivity index (χ1n) is 10.9. The van der Waals surface area contributed by atoms with Crippen molar-refractivity contribution < 1.29 is 9.53 Å². The number of rotatable bonds is 10. The number of carbonyl (C=O) groups is 1. The summed E-state index contributed by atoms with van der Waals surface area (Å²) < 4.78 is 6.59. The molecule has 0 radical (unpaired) electrons. The first-order chi connectivity index (χ1) is 15.5. The van der Waals surface area contributed by atoms with E-state index in [4.69, 9.17) is 4.74 Å². The lowest BCUT2D eigenvalue weighted by molar-refractivity contribution is -0.116. The van der Waals surface area contributed by atoms with Crippen molar-refractivity contribution in [1.82, 2.24) is 9.78 Å². The van der Waals surface area contributed by atoms with Crippen molar-refractivity contribution >= 4 is 17.3 Å². The molecule has 1 heterocycles. The van der Waals surface area contributed by atoms with Gasteiger partial charge in [0.1, 0.15) is 5.75 Å². The molecule has 1 amide bonds. The number of ether oxygens (including phenoxy) is 1. The number of nitrogens with zero attached hydrogens (tertiary/aromatic N) is 3. The molecule has 3 aromatic rings. The fraction of sp³-hybridized carbons (Fsp3) is 0.320. The monoisotopic (exact) mass is 434 g/mol. The highest BCUT2D eigenvalue weighted by Crippen LogP contribution is 2.20. The van der Waals surface area contributed by atoms with Crippen LogP contribution in [0.1, 0.15) is 26.7 Å². The molecule has 0 unspecified atom stereocenters. The summed E-state index contributed by atoms with van der Waals surface area (Å²) in [5.41, 5.74) is 3.31. The Balaban J connectivity index is 1.55. The van der Waals surface area contributed by atoms with Gasteiger partial charge < -0.3 is 15.0 Å². The molecule has 0 bridgehead atoms. The molecule has 32 heavy (non-hydrogen) atoms. The Morgan fingerprint density at radius 3 is 2.31 bits per heavy atom. The van der Waals surface area contributed by atoms with Crippen LogP contribution >= 0.6 is 0 Å². The van der Waals surface area contributed by atoms with Crippen LogP contribution in [0.2, 0.25) is 0 Å². The highest BCUT2D eigenvalue weighted by molar-refractivity contribution is 5.90. The molecular weight excluding hydrogens is 404 g/mol. The lowest BCUT2D eigenvalue weighted by atomic mass is 10.1. The summed E-state index contributed by atoms with van der Waals surface area (Å²) in [4.78, 5) is 26.8. The highest BCUT2D eigenvalue weighted by Gasteiger charge is 2.07. The van der Waals surface area contributed by atoms with Crippen molar-refractivity contribution in [2.45, 2.75) is 33.2 Å². The van der Waals surface area contributed by atoms with Gasteiger partial charge in [-0.05, 0) is 74.9 Å². The molecule has 1 N–H and O–H groups in total. The molecule has 1 aromatic heterocycles. The second-order valence-electron chi connectivity index (χ2n) is 7.38. The Kier molecular flexibility index (Phi) is 8.02. The summed E-state index contributed by atoms with van der Waals surface area (Å²) in [7, 11) is 1.62. The average molecular weight is 435 g/mol. The number of aromatic nitrogens is 2. The molecule has 0 aliphatic carbocycles. The normalized spacial score (nSPS) is 10.6. The predicted molar refractivity (Wildman–Crippen MR) is 128 cm³/mol. The Hall–Kier alpha value is -3.61. The van der Waals surface area contributed by atoms with Crippen LogP contribution in [-0.2, 0) is 11.3 Å². The van der Waals surface area contributed by atoms with Crippen LogP contribution in [0.15, 0.2) is 65.5 Å². The maximum atomic E-state index is 12.3. The van der Waals surface area contributed by atoms with E-state index in [0.717, 1.165) is 35.8 Å². The molecule has 0 aliphatic rings. The zero-order valence-electron chi connectivity index (χ0n) is 18.9. The number of amides is 1. The van der Waals surface area contributed by atoms with Gasteiger partial charge >= 0.3 is 0 Å². The minimum absolute atomic E-state index is 0.0834. The standard InChI is InChI=1S/C25H30N4O3/c1-4-28(5-2)21-12-10-20(11-13-21)26-24(30)7-6-18-29-25(31)17-16-23(27-29)19-8-14-22(32-3)15-9-19/h8-17H,4-7,18H2,1-3H3,(H,26,30). The molecule has 0 saturated carbocycles. The molecule has 0 atom stereocenters. The van der Waals surface area contributed by atoms with Crippen molar-refractivity contribution in [2.75, 3.05) is 30.4 Å². The van der Waals surface area contributed by atoms with Crippen molar-refractivity contribution in [2.24, 2.45) is 0 Å². The lowest BCUT2D eigenvalue weighted by Gasteiger charge is -2.21. The number of nitrogens with one attached hydrogen (secondary N) is 1. The van der Waals surface area contributed by atoms with Crippen LogP contribution in [0.5, 0.6) is 5.75 Å². The predicted octanol–water partition coefficient (Wildman–Crippen LogP) is 4.18. The first-order valence-corrected chi connectivity index (χ1v) is 10.9. The Morgan fingerprint density at radius 2 is 1.69 bits per heavy atom. The lowest BCUT2D eigenvalue weighted by Crippen LogP contribution is -2.23. The number of methoxy groups -OCH3 is 1. The van der Waals surface area contributed by atoms with E-state index < -0.39 is 0 Å². The fourth-order valence-corrected chi connectivity index (χ4v) is 3.48. The van der Waals surface area contributed by atoms with Gasteiger partial charge in [0, 0.05) is 49.1 Å². The Bertz CT molecular complexity index is 1070. The molecule has 0 fully saturated rings. The quantitative estimate of drug-likeness (QED) is 0.518. The van der Waals surface area contributed by atoms with Gasteiger partial charge in [0.2, 0.25) is 5.91 Å². The Labute approximate surface area is 188 Å². The second kappa shape index (κ2) is 11.1. The van der Waals surface area contributed by atoms with Crippen LogP contribution < -0.4 is 20.5 Å². The second-order valence-corrected chi connectivity index (χ2v) is 7.38. The van der Waals surface area contributed by atoms with Gasteiger partial charge in [-0.2, -0.15) is 5.10 Å². The van der Waals surface area contributed by atoms with Gasteiger partial charge in [0.05, 0.1) is 12.8 Å². The van der Waals surface area contributed by atoms with E-state index in [0.29, 0.717) is 25.1 Å². The van der Waals surface area contributed by atoms with Gasteiger partial charge in [-0.1, -0.05) is 0 Å². The van der Waals surface area contributed by atoms with Gasteiger partial charge in [0.25, 0.3) is 5.56 Å². The number of hydrogen-bond donors (Lipinski definition) is 1. The molecule has 7 heteroatoms. The maximum Gasteiger partial charge on any atom is 0.266 e. The summed E-state index contributed by atoms with van der Waals surface area (Å²) in [5, 5.41) is 7.36. The van der Waals surface area contributed by atoms with E-state index in [9.17, 15) is 9.59 Å². The van der Waals surface area contributed by atoms with Crippen LogP contribution in [0.4, 0.5) is 11.4 Å². The van der Waals surface area contributed by atoms with Crippen LogP contribution in [0.3, 0.4) is 0 Å². The van der Waals surface area contributed by atoms with Crippen LogP contribution in [-0.4, -0.2) is 35.9 Å². The molecule has 3 rings (SSSR count). The van der Waals surface area contributed by atoms with Crippen LogP contribution in [0.25, 0.3) is 11.3 Å². The molecule has 7 nitrogen and oxygen atoms in total. The third-order valence-corrected chi connectivity index (χ3v) is 5.31. The van der Waals surface area contributed by atoms with Crippen molar-refractivity contribution in [3.63, 3.8) is 0 Å². The van der Waals surface area contributed by atoms with Gasteiger partial charge in [-0.25, -0.2) is 4.68 Å². The minimum atomic E-state index is -0.185. The summed E-state index contributed by atoms with van der Waals surface area (Å²) >= 11 is 0. The van der Waals surface area contributed by atoms with E-state index >= 15 is 0 Å². The number of benzene rings is 2. The van der Waals surface area contributed by atoms with E-state index in [2.05, 4.69) is 29.2 Å². The zero-order chi connectivity index (χ0) is 22.9. The topological polar surface area (TPSA) is 76.5 Å².